The van der Waals surface area contributed by atoms with E-state index in [0.717, 1.165) is 5.56 Å². The number of rotatable bonds is 3. The van der Waals surface area contributed by atoms with Crippen LogP contribution in [0.25, 0.3) is 0 Å². The topological polar surface area (TPSA) is 41.8 Å². The van der Waals surface area contributed by atoms with Crippen LogP contribution in [0.3, 0.4) is 0 Å². The van der Waals surface area contributed by atoms with E-state index >= 15 is 0 Å². The molecular formula is C11H13NO2S. The van der Waals surface area contributed by atoms with Crippen molar-refractivity contribution in [3.8, 4) is 0 Å². The van der Waals surface area contributed by atoms with Crippen LogP contribution in [0.15, 0.2) is 34.2 Å². The third-order valence-electron chi connectivity index (χ3n) is 2.44. The summed E-state index contributed by atoms with van der Waals surface area (Å²) in [5.74, 6) is 0. The van der Waals surface area contributed by atoms with Crippen LogP contribution in [0.5, 0.6) is 0 Å². The van der Waals surface area contributed by atoms with Crippen LogP contribution >= 0.6 is 11.8 Å². The number of aliphatic hydroxyl groups is 1. The summed E-state index contributed by atoms with van der Waals surface area (Å²) in [4.78, 5) is 5.27. The van der Waals surface area contributed by atoms with E-state index in [9.17, 15) is 0 Å². The minimum Gasteiger partial charge on any atom is -0.473 e. The number of thioether (sulfide) groups is 1. The van der Waals surface area contributed by atoms with Gasteiger partial charge in [-0.25, -0.2) is 4.99 Å². The van der Waals surface area contributed by atoms with Gasteiger partial charge in [-0.2, -0.15) is 0 Å². The molecule has 0 saturated carbocycles. The Hall–Kier alpha value is -1.00. The fraction of sp³-hybridized carbons (Fsp3) is 0.364. The van der Waals surface area contributed by atoms with Crippen LogP contribution in [-0.4, -0.2) is 30.4 Å². The van der Waals surface area contributed by atoms with Crippen LogP contribution in [0.2, 0.25) is 0 Å². The van der Waals surface area contributed by atoms with Gasteiger partial charge >= 0.3 is 0 Å². The average molecular weight is 223 g/mol. The lowest BCUT2D eigenvalue weighted by Gasteiger charge is -2.15. The van der Waals surface area contributed by atoms with E-state index in [4.69, 9.17) is 9.84 Å². The first-order chi connectivity index (χ1) is 7.35. The van der Waals surface area contributed by atoms with E-state index in [1.54, 1.807) is 11.8 Å². The van der Waals surface area contributed by atoms with Crippen LogP contribution in [0, 0.1) is 0 Å². The molecule has 0 aromatic heterocycles. The zero-order chi connectivity index (χ0) is 10.7. The molecule has 0 spiro atoms. The lowest BCUT2D eigenvalue weighted by atomic mass is 10.0. The Labute approximate surface area is 93.2 Å². The summed E-state index contributed by atoms with van der Waals surface area (Å²) in [5, 5.41) is 9.10. The first-order valence-corrected chi connectivity index (χ1v) is 5.99. The van der Waals surface area contributed by atoms with Gasteiger partial charge < -0.3 is 9.84 Å². The van der Waals surface area contributed by atoms with Crippen molar-refractivity contribution >= 4 is 18.2 Å². The van der Waals surface area contributed by atoms with Crippen LogP contribution < -0.4 is 0 Å². The van der Waals surface area contributed by atoms with Gasteiger partial charge in [0.05, 0.1) is 6.61 Å². The van der Waals surface area contributed by atoms with E-state index < -0.39 is 0 Å². The van der Waals surface area contributed by atoms with Gasteiger partial charge in [-0.15, -0.1) is 11.8 Å². The number of aliphatic hydroxyl groups excluding tert-OH is 1. The van der Waals surface area contributed by atoms with Crippen molar-refractivity contribution in [2.24, 2.45) is 4.99 Å². The fourth-order valence-electron chi connectivity index (χ4n) is 1.58. The van der Waals surface area contributed by atoms with Crippen molar-refractivity contribution < 1.29 is 9.84 Å². The molecule has 3 nitrogen and oxygen atoms in total. The van der Waals surface area contributed by atoms with Crippen LogP contribution in [0.1, 0.15) is 11.7 Å². The number of nitrogens with zero attached hydrogens (tertiary/aromatic N) is 1. The molecule has 0 saturated heterocycles. The molecule has 4 heteroatoms. The second kappa shape index (κ2) is 4.68. The highest BCUT2D eigenvalue weighted by atomic mass is 32.2. The first-order valence-electron chi connectivity index (χ1n) is 4.77. The Bertz CT molecular complexity index is 350. The smallest absolute Gasteiger partial charge is 0.170 e. The van der Waals surface area contributed by atoms with Gasteiger partial charge in [0.15, 0.2) is 6.40 Å². The van der Waals surface area contributed by atoms with Crippen LogP contribution in [-0.2, 0) is 4.74 Å². The molecule has 0 aliphatic carbocycles. The van der Waals surface area contributed by atoms with Crippen LogP contribution in [0.4, 0.5) is 0 Å². The molecule has 1 aliphatic heterocycles. The van der Waals surface area contributed by atoms with Gasteiger partial charge in [-0.3, -0.25) is 0 Å². The molecular weight excluding hydrogens is 210 g/mol. The lowest BCUT2D eigenvalue weighted by molar-refractivity contribution is 0.156. The molecule has 1 aromatic carbocycles. The molecule has 80 valence electrons. The molecule has 1 aromatic rings. The number of hydrogen-bond acceptors (Lipinski definition) is 4. The average Bonchev–Trinajstić information content (AvgIpc) is 2.77. The second-order valence-electron chi connectivity index (χ2n) is 3.33. The van der Waals surface area contributed by atoms with E-state index in [-0.39, 0.29) is 18.8 Å². The monoisotopic (exact) mass is 223 g/mol. The summed E-state index contributed by atoms with van der Waals surface area (Å²) >= 11 is 1.71. The molecule has 15 heavy (non-hydrogen) atoms. The Morgan fingerprint density at radius 1 is 1.40 bits per heavy atom. The van der Waals surface area contributed by atoms with E-state index in [0.29, 0.717) is 0 Å². The standard InChI is InChI=1S/C11H13NO2S/c1-15-9-4-2-8(3-5-9)11-10(6-13)12-7-14-11/h2-5,7,10-11,13H,6H2,1H3. The highest BCUT2D eigenvalue weighted by molar-refractivity contribution is 7.98. The molecule has 1 aliphatic rings. The van der Waals surface area contributed by atoms with Crippen molar-refractivity contribution in [1.29, 1.82) is 0 Å². The van der Waals surface area contributed by atoms with Gasteiger partial charge in [0.25, 0.3) is 0 Å². The highest BCUT2D eigenvalue weighted by Gasteiger charge is 2.26. The summed E-state index contributed by atoms with van der Waals surface area (Å²) in [7, 11) is 0. The highest BCUT2D eigenvalue weighted by Crippen LogP contribution is 2.27. The van der Waals surface area contributed by atoms with E-state index in [1.807, 2.05) is 18.4 Å². The summed E-state index contributed by atoms with van der Waals surface area (Å²) in [6.45, 7) is 0.0193. The van der Waals surface area contributed by atoms with E-state index in [1.165, 1.54) is 11.3 Å². The maximum atomic E-state index is 9.10. The minimum absolute atomic E-state index is 0.0193. The Kier molecular flexibility index (Phi) is 3.28. The molecule has 2 atom stereocenters. The summed E-state index contributed by atoms with van der Waals surface area (Å²) in [5.41, 5.74) is 1.06. The van der Waals surface area contributed by atoms with Crippen molar-refractivity contribution in [2.45, 2.75) is 17.0 Å². The third-order valence-corrected chi connectivity index (χ3v) is 3.18. The minimum atomic E-state index is -0.162. The Morgan fingerprint density at radius 2 is 2.13 bits per heavy atom. The Balaban J connectivity index is 2.15. The lowest BCUT2D eigenvalue weighted by Crippen LogP contribution is -2.17. The molecule has 2 unspecified atom stereocenters. The SMILES string of the molecule is CSc1ccc(C2OC=NC2CO)cc1. The van der Waals surface area contributed by atoms with Crippen molar-refractivity contribution in [1.82, 2.24) is 0 Å². The second-order valence-corrected chi connectivity index (χ2v) is 4.21. The number of aliphatic imine (C=N–C) groups is 1. The van der Waals surface area contributed by atoms with Crippen molar-refractivity contribution in [3.63, 3.8) is 0 Å². The maximum absolute atomic E-state index is 9.10. The molecule has 0 radical (unpaired) electrons. The fourth-order valence-corrected chi connectivity index (χ4v) is 1.99. The Morgan fingerprint density at radius 3 is 2.73 bits per heavy atom. The molecule has 1 N–H and O–H groups in total. The third kappa shape index (κ3) is 2.16. The number of hydrogen-bond donors (Lipinski definition) is 1. The zero-order valence-corrected chi connectivity index (χ0v) is 9.28. The molecule has 0 fully saturated rings. The van der Waals surface area contributed by atoms with Gasteiger partial charge in [0.2, 0.25) is 0 Å². The normalized spacial score (nSPS) is 24.1. The zero-order valence-electron chi connectivity index (χ0n) is 8.46. The predicted octanol–water partition coefficient (Wildman–Crippen LogP) is 1.87. The van der Waals surface area contributed by atoms with Gasteiger partial charge in [0, 0.05) is 4.90 Å². The summed E-state index contributed by atoms with van der Waals surface area (Å²) < 4.78 is 5.36. The first kappa shape index (κ1) is 10.5. The van der Waals surface area contributed by atoms with Gasteiger partial charge in [-0.05, 0) is 24.0 Å². The number of ether oxygens (including phenoxy) is 1. The van der Waals surface area contributed by atoms with Crippen molar-refractivity contribution in [3.05, 3.63) is 29.8 Å². The molecule has 0 amide bonds. The quantitative estimate of drug-likeness (QED) is 0.795. The molecule has 2 rings (SSSR count). The molecule has 1 heterocycles. The predicted molar refractivity (Wildman–Crippen MR) is 61.4 cm³/mol. The largest absolute Gasteiger partial charge is 0.473 e. The number of benzene rings is 1. The summed E-state index contributed by atoms with van der Waals surface area (Å²) in [6.07, 6.45) is 3.33. The van der Waals surface area contributed by atoms with Gasteiger partial charge in [-0.1, -0.05) is 12.1 Å². The summed E-state index contributed by atoms with van der Waals surface area (Å²) in [6, 6.07) is 7.98. The van der Waals surface area contributed by atoms with Crippen molar-refractivity contribution in [2.75, 3.05) is 12.9 Å². The van der Waals surface area contributed by atoms with Gasteiger partial charge in [0.1, 0.15) is 12.1 Å². The molecule has 0 bridgehead atoms. The maximum Gasteiger partial charge on any atom is 0.170 e. The van der Waals surface area contributed by atoms with E-state index in [2.05, 4.69) is 17.1 Å².